The van der Waals surface area contributed by atoms with Crippen LogP contribution in [-0.4, -0.2) is 77.1 Å². The number of aromatic nitrogens is 1. The second-order valence-corrected chi connectivity index (χ2v) is 8.82. The Hall–Kier alpha value is -3.99. The van der Waals surface area contributed by atoms with Crippen LogP contribution in [0.3, 0.4) is 0 Å². The van der Waals surface area contributed by atoms with Crippen LogP contribution >= 0.6 is 0 Å². The van der Waals surface area contributed by atoms with Crippen LogP contribution < -0.4 is 15.8 Å². The van der Waals surface area contributed by atoms with Gasteiger partial charge >= 0.3 is 5.97 Å². The molecule has 1 aliphatic rings. The number of carbonyl (C=O) groups excluding carboxylic acids is 2. The van der Waals surface area contributed by atoms with Gasteiger partial charge in [0.25, 0.3) is 5.91 Å². The quantitative estimate of drug-likeness (QED) is 0.260. The standard InChI is InChI=1S/C26H33N5O6/c1-3-22(26(34)35)37-19-10-12-31(13-11-19)25(33)21(14-16-4-7-18(36-2)8-5-16)30-24(32)20-9-6-17(15-29-20)23(27)28/h4-9,15,19,21-22H,3,10-14H2,1-2H3,(H3,27,28)(H,30,32)(H,34,35)/t21?,22-/m0/s1. The molecule has 11 heteroatoms. The van der Waals surface area contributed by atoms with Crippen molar-refractivity contribution in [2.75, 3.05) is 20.2 Å². The number of benzene rings is 1. The van der Waals surface area contributed by atoms with Crippen LogP contribution in [0.25, 0.3) is 0 Å². The SMILES string of the molecule is CC[C@H](OC1CCN(C(=O)C(Cc2ccc(OC)cc2)NC(=O)c2ccc(C(=N)N)cn2)CC1)C(=O)O. The summed E-state index contributed by atoms with van der Waals surface area (Å²) < 4.78 is 10.9. The Kier molecular flexibility index (Phi) is 9.56. The monoisotopic (exact) mass is 511 g/mol. The van der Waals surface area contributed by atoms with Gasteiger partial charge in [-0.1, -0.05) is 19.1 Å². The molecule has 0 saturated carbocycles. The average Bonchev–Trinajstić information content (AvgIpc) is 2.91. The minimum Gasteiger partial charge on any atom is -0.497 e. The highest BCUT2D eigenvalue weighted by Crippen LogP contribution is 2.19. The number of carboxylic acids is 1. The van der Waals surface area contributed by atoms with Crippen LogP contribution in [-0.2, 0) is 20.7 Å². The molecular weight excluding hydrogens is 478 g/mol. The second-order valence-electron chi connectivity index (χ2n) is 8.82. The number of rotatable bonds is 11. The molecule has 1 unspecified atom stereocenters. The van der Waals surface area contributed by atoms with E-state index in [0.29, 0.717) is 43.7 Å². The van der Waals surface area contributed by atoms with Crippen LogP contribution in [0, 0.1) is 5.41 Å². The summed E-state index contributed by atoms with van der Waals surface area (Å²) in [6, 6.07) is 9.37. The van der Waals surface area contributed by atoms with Crippen molar-refractivity contribution >= 4 is 23.6 Å². The fourth-order valence-electron chi connectivity index (χ4n) is 4.11. The lowest BCUT2D eigenvalue weighted by Gasteiger charge is -2.35. The third-order valence-electron chi connectivity index (χ3n) is 6.27. The van der Waals surface area contributed by atoms with E-state index in [4.69, 9.17) is 20.6 Å². The summed E-state index contributed by atoms with van der Waals surface area (Å²) in [5.41, 5.74) is 6.78. The lowest BCUT2D eigenvalue weighted by atomic mass is 10.0. The number of aliphatic carboxylic acids is 1. The van der Waals surface area contributed by atoms with E-state index in [1.807, 2.05) is 12.1 Å². The van der Waals surface area contributed by atoms with E-state index < -0.39 is 24.0 Å². The van der Waals surface area contributed by atoms with Crippen LogP contribution in [0.5, 0.6) is 5.75 Å². The van der Waals surface area contributed by atoms with E-state index in [0.717, 1.165) is 5.56 Å². The number of ether oxygens (including phenoxy) is 2. The van der Waals surface area contributed by atoms with E-state index in [9.17, 15) is 19.5 Å². The van der Waals surface area contributed by atoms with Gasteiger partial charge in [-0.05, 0) is 49.1 Å². The van der Waals surface area contributed by atoms with E-state index >= 15 is 0 Å². The Morgan fingerprint density at radius 2 is 1.86 bits per heavy atom. The zero-order chi connectivity index (χ0) is 26.9. The number of nitrogens with two attached hydrogens (primary N) is 1. The maximum absolute atomic E-state index is 13.5. The number of amidine groups is 1. The molecule has 0 radical (unpaired) electrons. The summed E-state index contributed by atoms with van der Waals surface area (Å²) in [4.78, 5) is 43.5. The Morgan fingerprint density at radius 1 is 1.19 bits per heavy atom. The molecule has 1 fully saturated rings. The highest BCUT2D eigenvalue weighted by molar-refractivity contribution is 5.98. The molecule has 1 aromatic heterocycles. The maximum Gasteiger partial charge on any atom is 0.332 e. The average molecular weight is 512 g/mol. The summed E-state index contributed by atoms with van der Waals surface area (Å²) in [6.07, 6.45) is 1.86. The van der Waals surface area contributed by atoms with Crippen molar-refractivity contribution in [2.45, 2.75) is 50.9 Å². The lowest BCUT2D eigenvalue weighted by Crippen LogP contribution is -2.52. The second kappa shape index (κ2) is 12.8. The number of likely N-dealkylation sites (tertiary alicyclic amines) is 1. The summed E-state index contributed by atoms with van der Waals surface area (Å²) in [7, 11) is 1.57. The topological polar surface area (TPSA) is 168 Å². The zero-order valence-corrected chi connectivity index (χ0v) is 21.0. The van der Waals surface area contributed by atoms with Gasteiger partial charge in [0.05, 0.1) is 13.2 Å². The Balaban J connectivity index is 1.71. The predicted molar refractivity (Wildman–Crippen MR) is 136 cm³/mol. The molecule has 1 aromatic carbocycles. The number of nitrogen functional groups attached to an aromatic ring is 1. The third kappa shape index (κ3) is 7.50. The number of piperidine rings is 1. The summed E-state index contributed by atoms with van der Waals surface area (Å²) >= 11 is 0. The first-order chi connectivity index (χ1) is 17.7. The molecular formula is C26H33N5O6. The minimum atomic E-state index is -0.992. The predicted octanol–water partition coefficient (Wildman–Crippen LogP) is 1.59. The summed E-state index contributed by atoms with van der Waals surface area (Å²) in [6.45, 7) is 2.53. The van der Waals surface area contributed by atoms with Crippen molar-refractivity contribution in [3.63, 3.8) is 0 Å². The van der Waals surface area contributed by atoms with Crippen molar-refractivity contribution in [3.8, 4) is 5.75 Å². The third-order valence-corrected chi connectivity index (χ3v) is 6.27. The Morgan fingerprint density at radius 3 is 2.38 bits per heavy atom. The smallest absolute Gasteiger partial charge is 0.332 e. The normalized spacial score (nSPS) is 15.5. The molecule has 1 aliphatic heterocycles. The molecule has 3 rings (SSSR count). The van der Waals surface area contributed by atoms with Gasteiger partial charge in [0.1, 0.15) is 23.3 Å². The van der Waals surface area contributed by atoms with E-state index in [-0.39, 0.29) is 30.0 Å². The highest BCUT2D eigenvalue weighted by Gasteiger charge is 2.32. The van der Waals surface area contributed by atoms with Gasteiger partial charge in [-0.15, -0.1) is 0 Å². The van der Waals surface area contributed by atoms with Crippen LogP contribution in [0.1, 0.15) is 47.8 Å². The summed E-state index contributed by atoms with van der Waals surface area (Å²) in [5, 5.41) is 19.5. The fourth-order valence-corrected chi connectivity index (χ4v) is 4.11. The van der Waals surface area contributed by atoms with Crippen molar-refractivity contribution in [1.29, 1.82) is 5.41 Å². The van der Waals surface area contributed by atoms with Gasteiger partial charge in [-0.25, -0.2) is 4.79 Å². The molecule has 0 aliphatic carbocycles. The van der Waals surface area contributed by atoms with Crippen LogP contribution in [0.15, 0.2) is 42.6 Å². The molecule has 0 bridgehead atoms. The van der Waals surface area contributed by atoms with E-state index in [2.05, 4.69) is 10.3 Å². The molecule has 37 heavy (non-hydrogen) atoms. The van der Waals surface area contributed by atoms with E-state index in [1.54, 1.807) is 31.1 Å². The van der Waals surface area contributed by atoms with Crippen molar-refractivity contribution < 1.29 is 29.0 Å². The van der Waals surface area contributed by atoms with Gasteiger partial charge in [-0.2, -0.15) is 0 Å². The zero-order valence-electron chi connectivity index (χ0n) is 21.0. The van der Waals surface area contributed by atoms with Crippen LogP contribution in [0.2, 0.25) is 0 Å². The van der Waals surface area contributed by atoms with Crippen LogP contribution in [0.4, 0.5) is 0 Å². The summed E-state index contributed by atoms with van der Waals surface area (Å²) in [5.74, 6) is -1.24. The first-order valence-electron chi connectivity index (χ1n) is 12.1. The molecule has 5 N–H and O–H groups in total. The highest BCUT2D eigenvalue weighted by atomic mass is 16.5. The Labute approximate surface area is 215 Å². The number of hydrogen-bond donors (Lipinski definition) is 4. The number of carbonyl (C=O) groups is 3. The van der Waals surface area contributed by atoms with Gasteiger partial charge in [0.2, 0.25) is 5.91 Å². The molecule has 198 valence electrons. The number of methoxy groups -OCH3 is 1. The van der Waals surface area contributed by atoms with Gasteiger partial charge in [0, 0.05) is 31.3 Å². The van der Waals surface area contributed by atoms with Crippen molar-refractivity contribution in [2.24, 2.45) is 5.73 Å². The first-order valence-corrected chi connectivity index (χ1v) is 12.1. The fraction of sp³-hybridized carbons (Fsp3) is 0.423. The lowest BCUT2D eigenvalue weighted by molar-refractivity contribution is -0.157. The number of hydrogen-bond acceptors (Lipinski definition) is 7. The van der Waals surface area contributed by atoms with E-state index in [1.165, 1.54) is 18.3 Å². The maximum atomic E-state index is 13.5. The molecule has 2 aromatic rings. The Bertz CT molecular complexity index is 1100. The molecule has 0 spiro atoms. The molecule has 2 amide bonds. The van der Waals surface area contributed by atoms with Crippen molar-refractivity contribution in [3.05, 3.63) is 59.4 Å². The van der Waals surface area contributed by atoms with Gasteiger partial charge in [0.15, 0.2) is 6.10 Å². The minimum absolute atomic E-state index is 0.101. The largest absolute Gasteiger partial charge is 0.497 e. The molecule has 11 nitrogen and oxygen atoms in total. The number of nitrogens with one attached hydrogen (secondary N) is 2. The number of pyridine rings is 1. The van der Waals surface area contributed by atoms with Crippen molar-refractivity contribution in [1.82, 2.24) is 15.2 Å². The van der Waals surface area contributed by atoms with Gasteiger partial charge in [-0.3, -0.25) is 20.0 Å². The molecule has 2 heterocycles. The molecule has 1 saturated heterocycles. The number of nitrogens with zero attached hydrogens (tertiary/aromatic N) is 2. The number of amides is 2. The molecule has 2 atom stereocenters. The van der Waals surface area contributed by atoms with Gasteiger partial charge < -0.3 is 30.5 Å². The number of carboxylic acid groups (broad SMARTS) is 1. The first kappa shape index (κ1) is 27.6.